The minimum atomic E-state index is -0.451. The number of aromatic nitrogens is 4. The van der Waals surface area contributed by atoms with Crippen LogP contribution in [0.3, 0.4) is 0 Å². The molecule has 0 saturated carbocycles. The van der Waals surface area contributed by atoms with Gasteiger partial charge in [-0.3, -0.25) is 4.79 Å². The summed E-state index contributed by atoms with van der Waals surface area (Å²) in [5, 5.41) is 16.5. The first kappa shape index (κ1) is 39.9. The molecule has 4 rings (SSSR count). The molecule has 3 aromatic rings. The number of nitrogens with zero attached hydrogens (tertiary/aromatic N) is 7. The van der Waals surface area contributed by atoms with Crippen LogP contribution in [-0.4, -0.2) is 51.6 Å². The molecular formula is C41H59N7O2S. The largest absolute Gasteiger partial charge is 0.497 e. The molecule has 10 heteroatoms. The van der Waals surface area contributed by atoms with Crippen LogP contribution in [0, 0.1) is 23.2 Å². The number of thiazole rings is 1. The normalized spacial score (nSPS) is 15.5. The highest BCUT2D eigenvalue weighted by Gasteiger charge is 2.34. The summed E-state index contributed by atoms with van der Waals surface area (Å²) in [6, 6.07) is 10.1. The van der Waals surface area contributed by atoms with Crippen molar-refractivity contribution in [3.63, 3.8) is 0 Å². The van der Waals surface area contributed by atoms with Crippen molar-refractivity contribution in [3.05, 3.63) is 47.1 Å². The SMILES string of the molecule is CCCCC(CC)CN(CC(CC)CCCC)c1nc(-c2cccc(OC)c2)c(N=C2C(C)=C(C#N)C(=O)n3nc(C(CC)CCCC)nc32)s1. The highest BCUT2D eigenvalue weighted by atomic mass is 32.1. The molecule has 3 atom stereocenters. The van der Waals surface area contributed by atoms with Gasteiger partial charge in [0.1, 0.15) is 33.8 Å². The number of benzene rings is 1. The van der Waals surface area contributed by atoms with Crippen molar-refractivity contribution < 1.29 is 9.53 Å². The van der Waals surface area contributed by atoms with Gasteiger partial charge < -0.3 is 9.64 Å². The Morgan fingerprint density at radius 1 is 0.941 bits per heavy atom. The zero-order valence-corrected chi connectivity index (χ0v) is 33.1. The number of ether oxygens (including phenoxy) is 1. The maximum absolute atomic E-state index is 13.6. The molecule has 0 aliphatic carbocycles. The maximum atomic E-state index is 13.6. The highest BCUT2D eigenvalue weighted by Crippen LogP contribution is 2.42. The molecule has 276 valence electrons. The monoisotopic (exact) mass is 713 g/mol. The number of aliphatic imine (C=N–C) groups is 1. The molecule has 1 aromatic carbocycles. The van der Waals surface area contributed by atoms with Gasteiger partial charge in [0.05, 0.1) is 7.11 Å². The summed E-state index contributed by atoms with van der Waals surface area (Å²) in [5.41, 5.74) is 2.68. The first-order valence-electron chi connectivity index (χ1n) is 19.4. The van der Waals surface area contributed by atoms with Gasteiger partial charge in [-0.25, -0.2) is 15.0 Å². The fourth-order valence-electron chi connectivity index (χ4n) is 6.84. The Hall–Kier alpha value is -3.84. The van der Waals surface area contributed by atoms with Gasteiger partial charge in [-0.2, -0.15) is 9.94 Å². The fraction of sp³-hybridized carbons (Fsp3) is 0.610. The summed E-state index contributed by atoms with van der Waals surface area (Å²) in [5.74, 6) is 2.56. The summed E-state index contributed by atoms with van der Waals surface area (Å²) in [6.45, 7) is 17.1. The molecule has 0 saturated heterocycles. The van der Waals surface area contributed by atoms with Crippen molar-refractivity contribution in [1.29, 1.82) is 5.26 Å². The summed E-state index contributed by atoms with van der Waals surface area (Å²) < 4.78 is 6.92. The minimum Gasteiger partial charge on any atom is -0.497 e. The fourth-order valence-corrected chi connectivity index (χ4v) is 7.83. The van der Waals surface area contributed by atoms with E-state index in [9.17, 15) is 10.1 Å². The van der Waals surface area contributed by atoms with Crippen LogP contribution in [-0.2, 0) is 0 Å². The van der Waals surface area contributed by atoms with Crippen molar-refractivity contribution in [3.8, 4) is 23.1 Å². The Bertz CT molecular complexity index is 1680. The van der Waals surface area contributed by atoms with E-state index in [0.29, 0.717) is 39.8 Å². The topological polar surface area (TPSA) is 109 Å². The third-order valence-electron chi connectivity index (χ3n) is 10.3. The molecule has 9 nitrogen and oxygen atoms in total. The number of methoxy groups -OCH3 is 1. The second kappa shape index (κ2) is 19.7. The number of unbranched alkanes of at least 4 members (excludes halogenated alkanes) is 3. The molecule has 0 bridgehead atoms. The average Bonchev–Trinajstić information content (AvgIpc) is 3.79. The molecule has 0 radical (unpaired) electrons. The number of rotatable bonds is 21. The van der Waals surface area contributed by atoms with E-state index in [1.807, 2.05) is 24.3 Å². The minimum absolute atomic E-state index is 0.0389. The predicted molar refractivity (Wildman–Crippen MR) is 211 cm³/mol. The van der Waals surface area contributed by atoms with Gasteiger partial charge in [-0.15, -0.1) is 5.10 Å². The Balaban J connectivity index is 1.93. The number of carbonyl (C=O) groups excluding carboxylic acids is 1. The molecule has 0 amide bonds. The average molecular weight is 714 g/mol. The first-order valence-corrected chi connectivity index (χ1v) is 20.2. The van der Waals surface area contributed by atoms with Gasteiger partial charge in [0.25, 0.3) is 5.91 Å². The van der Waals surface area contributed by atoms with Gasteiger partial charge >= 0.3 is 0 Å². The number of anilines is 1. The molecule has 0 N–H and O–H groups in total. The predicted octanol–water partition coefficient (Wildman–Crippen LogP) is 10.9. The summed E-state index contributed by atoms with van der Waals surface area (Å²) >= 11 is 1.58. The van der Waals surface area contributed by atoms with Crippen molar-refractivity contribution in [2.75, 3.05) is 25.1 Å². The van der Waals surface area contributed by atoms with E-state index >= 15 is 0 Å². The van der Waals surface area contributed by atoms with E-state index in [-0.39, 0.29) is 11.5 Å². The Kier molecular flexibility index (Phi) is 15.4. The van der Waals surface area contributed by atoms with Crippen LogP contribution in [0.1, 0.15) is 148 Å². The summed E-state index contributed by atoms with van der Waals surface area (Å²) in [6.07, 6.45) is 13.4. The van der Waals surface area contributed by atoms with E-state index < -0.39 is 5.91 Å². The summed E-state index contributed by atoms with van der Waals surface area (Å²) in [4.78, 5) is 31.7. The quantitative estimate of drug-likeness (QED) is 0.108. The van der Waals surface area contributed by atoms with E-state index in [4.69, 9.17) is 24.8 Å². The third kappa shape index (κ3) is 9.73. The number of nitriles is 1. The zero-order chi connectivity index (χ0) is 36.9. The van der Waals surface area contributed by atoms with Gasteiger partial charge in [0.2, 0.25) is 0 Å². The first-order chi connectivity index (χ1) is 24.8. The van der Waals surface area contributed by atoms with Gasteiger partial charge in [0.15, 0.2) is 16.8 Å². The lowest BCUT2D eigenvalue weighted by atomic mass is 9.96. The number of hydrogen-bond acceptors (Lipinski definition) is 9. The van der Waals surface area contributed by atoms with Crippen molar-refractivity contribution >= 4 is 33.1 Å². The van der Waals surface area contributed by atoms with Crippen molar-refractivity contribution in [2.45, 2.75) is 131 Å². The molecule has 1 aliphatic heterocycles. The zero-order valence-electron chi connectivity index (χ0n) is 32.3. The van der Waals surface area contributed by atoms with Gasteiger partial charge in [0, 0.05) is 30.1 Å². The molecule has 3 unspecified atom stereocenters. The number of hydrogen-bond donors (Lipinski definition) is 0. The van der Waals surface area contributed by atoms with Gasteiger partial charge in [-0.1, -0.05) is 116 Å². The maximum Gasteiger partial charge on any atom is 0.291 e. The number of fused-ring (bicyclic) bond motifs is 1. The van der Waals surface area contributed by atoms with Crippen LogP contribution < -0.4 is 9.64 Å². The van der Waals surface area contributed by atoms with Crippen LogP contribution >= 0.6 is 11.3 Å². The molecule has 3 heterocycles. The lowest BCUT2D eigenvalue weighted by molar-refractivity contribution is 0.0941. The lowest BCUT2D eigenvalue weighted by Crippen LogP contribution is -2.34. The van der Waals surface area contributed by atoms with Crippen LogP contribution in [0.15, 0.2) is 40.4 Å². The molecule has 2 aromatic heterocycles. The van der Waals surface area contributed by atoms with E-state index in [1.165, 1.54) is 43.2 Å². The smallest absolute Gasteiger partial charge is 0.291 e. The van der Waals surface area contributed by atoms with Crippen LogP contribution in [0.25, 0.3) is 11.3 Å². The molecule has 51 heavy (non-hydrogen) atoms. The standard InChI is InChI=1S/C41H59N7O2S/c1-9-15-19-29(12-4)26-47(27-30(13-5)20-16-10-2)41-44-36(32-22-18-23-33(24-32)50-8)39(51-41)43-35-28(7)34(25-42)40(49)48-38(35)45-37(46-48)31(14-6)21-17-11-3/h18,22-24,29-31H,9-17,19-21,26-27H2,1-8H3. The van der Waals surface area contributed by atoms with E-state index in [2.05, 4.69) is 52.5 Å². The molecule has 0 fully saturated rings. The molecule has 1 aliphatic rings. The Labute approximate surface area is 310 Å². The van der Waals surface area contributed by atoms with Crippen LogP contribution in [0.5, 0.6) is 5.75 Å². The van der Waals surface area contributed by atoms with E-state index in [1.54, 1.807) is 25.4 Å². The van der Waals surface area contributed by atoms with Gasteiger partial charge in [-0.05, 0) is 56.6 Å². The highest BCUT2D eigenvalue weighted by molar-refractivity contribution is 7.19. The number of carbonyl (C=O) groups is 1. The van der Waals surface area contributed by atoms with Crippen LogP contribution in [0.2, 0.25) is 0 Å². The van der Waals surface area contributed by atoms with Crippen LogP contribution in [0.4, 0.5) is 10.1 Å². The molecular weight excluding hydrogens is 655 g/mol. The summed E-state index contributed by atoms with van der Waals surface area (Å²) in [7, 11) is 1.67. The van der Waals surface area contributed by atoms with E-state index in [0.717, 1.165) is 73.8 Å². The van der Waals surface area contributed by atoms with Crippen molar-refractivity contribution in [1.82, 2.24) is 19.7 Å². The Morgan fingerprint density at radius 3 is 2.16 bits per heavy atom. The third-order valence-corrected chi connectivity index (χ3v) is 11.3. The second-order valence-electron chi connectivity index (χ2n) is 14.0. The second-order valence-corrected chi connectivity index (χ2v) is 14.9. The molecule has 0 spiro atoms. The lowest BCUT2D eigenvalue weighted by Gasteiger charge is -2.30. The Morgan fingerprint density at radius 2 is 1.59 bits per heavy atom. The number of allylic oxidation sites excluding steroid dienone is 2. The van der Waals surface area contributed by atoms with Crippen molar-refractivity contribution in [2.24, 2.45) is 16.8 Å².